The van der Waals surface area contributed by atoms with Crippen molar-refractivity contribution in [3.8, 4) is 5.69 Å². The highest BCUT2D eigenvalue weighted by Gasteiger charge is 2.09. The number of carbonyl (C=O) groups is 1. The maximum Gasteiger partial charge on any atom is 0.338 e. The number of hydrogen-bond acceptors (Lipinski definition) is 4. The first kappa shape index (κ1) is 15.2. The van der Waals surface area contributed by atoms with Gasteiger partial charge < -0.3 is 4.74 Å². The molecule has 0 amide bonds. The van der Waals surface area contributed by atoms with Crippen molar-refractivity contribution in [2.24, 2.45) is 0 Å². The molecule has 0 spiro atoms. The fourth-order valence-electron chi connectivity index (χ4n) is 2.07. The molecule has 2 aromatic carbocycles. The summed E-state index contributed by atoms with van der Waals surface area (Å²) in [5, 5.41) is 8.64. The zero-order valence-electron chi connectivity index (χ0n) is 12.4. The molecule has 0 saturated heterocycles. The minimum Gasteiger partial charge on any atom is -0.455 e. The molecule has 1 heterocycles. The minimum absolute atomic E-state index is 0.0628. The molecule has 1 aromatic heterocycles. The van der Waals surface area contributed by atoms with Crippen LogP contribution in [0.4, 0.5) is 0 Å². The Kier molecular flexibility index (Phi) is 4.39. The van der Waals surface area contributed by atoms with Gasteiger partial charge in [-0.15, -0.1) is 5.10 Å². The van der Waals surface area contributed by atoms with Gasteiger partial charge in [-0.25, -0.2) is 9.48 Å². The second-order valence-electron chi connectivity index (χ2n) is 5.08. The monoisotopic (exact) mass is 327 g/mol. The van der Waals surface area contributed by atoms with Crippen LogP contribution in [0.25, 0.3) is 5.69 Å². The molecule has 0 radical (unpaired) electrons. The lowest BCUT2D eigenvalue weighted by Gasteiger charge is -2.02. The first-order valence-electron chi connectivity index (χ1n) is 7.03. The Balaban J connectivity index is 1.65. The highest BCUT2D eigenvalue weighted by atomic mass is 35.5. The minimum atomic E-state index is -0.424. The van der Waals surface area contributed by atoms with E-state index in [0.717, 1.165) is 11.3 Å². The Morgan fingerprint density at radius 3 is 2.74 bits per heavy atom. The van der Waals surface area contributed by atoms with Gasteiger partial charge >= 0.3 is 5.97 Å². The lowest BCUT2D eigenvalue weighted by atomic mass is 10.2. The topological polar surface area (TPSA) is 57.0 Å². The van der Waals surface area contributed by atoms with Gasteiger partial charge in [0.1, 0.15) is 12.3 Å². The third-order valence-corrected chi connectivity index (χ3v) is 3.49. The predicted octanol–water partition coefficient (Wildman–Crippen LogP) is 3.59. The predicted molar refractivity (Wildman–Crippen MR) is 86.7 cm³/mol. The molecule has 0 unspecified atom stereocenters. The lowest BCUT2D eigenvalue weighted by Crippen LogP contribution is -2.05. The van der Waals surface area contributed by atoms with Gasteiger partial charge in [-0.1, -0.05) is 28.9 Å². The summed E-state index contributed by atoms with van der Waals surface area (Å²) in [6, 6.07) is 14.4. The van der Waals surface area contributed by atoms with E-state index in [1.807, 2.05) is 31.2 Å². The van der Waals surface area contributed by atoms with Crippen molar-refractivity contribution in [1.82, 2.24) is 15.0 Å². The van der Waals surface area contributed by atoms with E-state index in [1.54, 1.807) is 35.1 Å². The molecule has 5 nitrogen and oxygen atoms in total. The van der Waals surface area contributed by atoms with Crippen LogP contribution in [0.15, 0.2) is 54.7 Å². The molecule has 116 valence electrons. The molecule has 0 aliphatic rings. The van der Waals surface area contributed by atoms with Crippen molar-refractivity contribution >= 4 is 17.6 Å². The third kappa shape index (κ3) is 3.76. The van der Waals surface area contributed by atoms with Gasteiger partial charge in [-0.05, 0) is 48.9 Å². The number of hydrogen-bond donors (Lipinski definition) is 0. The number of esters is 1. The highest BCUT2D eigenvalue weighted by molar-refractivity contribution is 6.30. The van der Waals surface area contributed by atoms with E-state index in [9.17, 15) is 4.79 Å². The summed E-state index contributed by atoms with van der Waals surface area (Å²) < 4.78 is 6.88. The number of nitrogens with zero attached hydrogens (tertiary/aromatic N) is 3. The van der Waals surface area contributed by atoms with Gasteiger partial charge in [0.2, 0.25) is 0 Å². The first-order chi connectivity index (χ1) is 11.1. The Labute approximate surface area is 138 Å². The molecule has 0 aliphatic carbocycles. The van der Waals surface area contributed by atoms with Gasteiger partial charge in [0.15, 0.2) is 0 Å². The Morgan fingerprint density at radius 1 is 1.22 bits per heavy atom. The summed E-state index contributed by atoms with van der Waals surface area (Å²) in [6.07, 6.45) is 1.74. The van der Waals surface area contributed by atoms with E-state index in [-0.39, 0.29) is 6.61 Å². The van der Waals surface area contributed by atoms with Crippen LogP contribution in [0, 0.1) is 6.92 Å². The normalized spacial score (nSPS) is 10.5. The van der Waals surface area contributed by atoms with Crippen molar-refractivity contribution in [2.75, 3.05) is 0 Å². The van der Waals surface area contributed by atoms with Crippen molar-refractivity contribution in [1.29, 1.82) is 0 Å². The SMILES string of the molecule is Cc1cccc(-n2cc(COC(=O)c3ccc(Cl)cc3)nn2)c1. The zero-order chi connectivity index (χ0) is 16.2. The maximum absolute atomic E-state index is 11.9. The molecule has 3 rings (SSSR count). The highest BCUT2D eigenvalue weighted by Crippen LogP contribution is 2.12. The van der Waals surface area contributed by atoms with Gasteiger partial charge in [0.05, 0.1) is 17.4 Å². The van der Waals surface area contributed by atoms with E-state index in [1.165, 1.54) is 0 Å². The van der Waals surface area contributed by atoms with E-state index >= 15 is 0 Å². The summed E-state index contributed by atoms with van der Waals surface area (Å²) in [5.74, 6) is -0.424. The summed E-state index contributed by atoms with van der Waals surface area (Å²) in [5.41, 5.74) is 3.07. The van der Waals surface area contributed by atoms with Gasteiger partial charge in [-0.2, -0.15) is 0 Å². The van der Waals surface area contributed by atoms with Crippen LogP contribution in [0.2, 0.25) is 5.02 Å². The van der Waals surface area contributed by atoms with Crippen LogP contribution >= 0.6 is 11.6 Å². The van der Waals surface area contributed by atoms with Gasteiger partial charge in [-0.3, -0.25) is 0 Å². The number of aromatic nitrogens is 3. The lowest BCUT2D eigenvalue weighted by molar-refractivity contribution is 0.0467. The van der Waals surface area contributed by atoms with E-state index in [2.05, 4.69) is 10.3 Å². The quantitative estimate of drug-likeness (QED) is 0.687. The molecule has 3 aromatic rings. The summed E-state index contributed by atoms with van der Waals surface area (Å²) in [6.45, 7) is 2.07. The smallest absolute Gasteiger partial charge is 0.338 e. The van der Waals surface area contributed by atoms with Crippen molar-refractivity contribution in [2.45, 2.75) is 13.5 Å². The third-order valence-electron chi connectivity index (χ3n) is 3.24. The Hall–Kier alpha value is -2.66. The number of benzene rings is 2. The van der Waals surface area contributed by atoms with Gasteiger partial charge in [0.25, 0.3) is 0 Å². The Morgan fingerprint density at radius 2 is 2.00 bits per heavy atom. The molecule has 0 N–H and O–H groups in total. The molecule has 23 heavy (non-hydrogen) atoms. The first-order valence-corrected chi connectivity index (χ1v) is 7.40. The van der Waals surface area contributed by atoms with E-state index in [4.69, 9.17) is 16.3 Å². The van der Waals surface area contributed by atoms with Crippen LogP contribution in [0.3, 0.4) is 0 Å². The summed E-state index contributed by atoms with van der Waals surface area (Å²) >= 11 is 5.79. The maximum atomic E-state index is 11.9. The molecule has 0 aliphatic heterocycles. The van der Waals surface area contributed by atoms with Crippen LogP contribution in [0.5, 0.6) is 0 Å². The molecular weight excluding hydrogens is 314 g/mol. The summed E-state index contributed by atoms with van der Waals surface area (Å²) in [4.78, 5) is 11.9. The van der Waals surface area contributed by atoms with Crippen LogP contribution in [0.1, 0.15) is 21.6 Å². The average Bonchev–Trinajstić information content (AvgIpc) is 3.02. The number of ether oxygens (including phenoxy) is 1. The second kappa shape index (κ2) is 6.62. The van der Waals surface area contributed by atoms with Crippen LogP contribution in [-0.4, -0.2) is 21.0 Å². The molecule has 0 fully saturated rings. The summed E-state index contributed by atoms with van der Waals surface area (Å²) in [7, 11) is 0. The standard InChI is InChI=1S/C17H14ClN3O2/c1-12-3-2-4-16(9-12)21-10-15(19-20-21)11-23-17(22)13-5-7-14(18)8-6-13/h2-10H,11H2,1H3. The molecule has 0 saturated carbocycles. The van der Waals surface area contributed by atoms with Gasteiger partial charge in [0, 0.05) is 5.02 Å². The van der Waals surface area contributed by atoms with Crippen LogP contribution < -0.4 is 0 Å². The van der Waals surface area contributed by atoms with Crippen molar-refractivity contribution < 1.29 is 9.53 Å². The second-order valence-corrected chi connectivity index (χ2v) is 5.51. The van der Waals surface area contributed by atoms with E-state index in [0.29, 0.717) is 16.3 Å². The number of aryl methyl sites for hydroxylation is 1. The van der Waals surface area contributed by atoms with Crippen LogP contribution in [-0.2, 0) is 11.3 Å². The number of carbonyl (C=O) groups excluding carboxylic acids is 1. The molecule has 0 atom stereocenters. The molecule has 0 bridgehead atoms. The van der Waals surface area contributed by atoms with Crippen molar-refractivity contribution in [3.63, 3.8) is 0 Å². The fourth-order valence-corrected chi connectivity index (χ4v) is 2.20. The molecular formula is C17H14ClN3O2. The largest absolute Gasteiger partial charge is 0.455 e. The Bertz CT molecular complexity index is 828. The zero-order valence-corrected chi connectivity index (χ0v) is 13.2. The number of rotatable bonds is 4. The van der Waals surface area contributed by atoms with Crippen molar-refractivity contribution in [3.05, 3.63) is 76.6 Å². The fraction of sp³-hybridized carbons (Fsp3) is 0.118. The van der Waals surface area contributed by atoms with E-state index < -0.39 is 5.97 Å². The average molecular weight is 328 g/mol. The molecule has 6 heteroatoms. The number of halogens is 1.